The summed E-state index contributed by atoms with van der Waals surface area (Å²) in [4.78, 5) is 0. The van der Waals surface area contributed by atoms with Crippen molar-refractivity contribution in [2.75, 3.05) is 0 Å². The SMILES string of the molecule is Cc1cc(C(O)c2cc(F)ccc2C)c(Cl)cc1F. The molecule has 0 radical (unpaired) electrons. The first-order valence-electron chi connectivity index (χ1n) is 5.80. The van der Waals surface area contributed by atoms with Gasteiger partial charge in [0.2, 0.25) is 0 Å². The molecule has 0 aliphatic carbocycles. The summed E-state index contributed by atoms with van der Waals surface area (Å²) in [5.41, 5.74) is 1.92. The van der Waals surface area contributed by atoms with Crippen molar-refractivity contribution >= 4 is 11.6 Å². The van der Waals surface area contributed by atoms with Crippen LogP contribution in [0.1, 0.15) is 28.4 Å². The third kappa shape index (κ3) is 2.77. The Morgan fingerprint density at radius 3 is 2.37 bits per heavy atom. The van der Waals surface area contributed by atoms with Gasteiger partial charge in [-0.1, -0.05) is 17.7 Å². The van der Waals surface area contributed by atoms with Crippen LogP contribution in [0.3, 0.4) is 0 Å². The molecule has 2 aromatic rings. The summed E-state index contributed by atoms with van der Waals surface area (Å²) in [6, 6.07) is 6.80. The largest absolute Gasteiger partial charge is 0.384 e. The number of aliphatic hydroxyl groups excluding tert-OH is 1. The van der Waals surface area contributed by atoms with Crippen molar-refractivity contribution in [1.82, 2.24) is 0 Å². The first-order chi connectivity index (χ1) is 8.90. The number of rotatable bonds is 2. The average molecular weight is 283 g/mol. The van der Waals surface area contributed by atoms with E-state index in [-0.39, 0.29) is 5.02 Å². The van der Waals surface area contributed by atoms with Crippen molar-refractivity contribution in [2.45, 2.75) is 20.0 Å². The van der Waals surface area contributed by atoms with Gasteiger partial charge in [0.05, 0.1) is 0 Å². The Morgan fingerprint density at radius 1 is 1.00 bits per heavy atom. The van der Waals surface area contributed by atoms with Gasteiger partial charge in [0.25, 0.3) is 0 Å². The quantitative estimate of drug-likeness (QED) is 0.870. The van der Waals surface area contributed by atoms with Crippen molar-refractivity contribution in [3.05, 3.63) is 69.2 Å². The molecule has 1 N–H and O–H groups in total. The fourth-order valence-electron chi connectivity index (χ4n) is 1.96. The van der Waals surface area contributed by atoms with E-state index in [1.54, 1.807) is 19.9 Å². The Bertz CT molecular complexity index is 626. The van der Waals surface area contributed by atoms with Gasteiger partial charge in [-0.2, -0.15) is 0 Å². The lowest BCUT2D eigenvalue weighted by Gasteiger charge is -2.16. The topological polar surface area (TPSA) is 20.2 Å². The third-order valence-corrected chi connectivity index (χ3v) is 3.44. The second kappa shape index (κ2) is 5.27. The molecule has 2 aromatic carbocycles. The Kier molecular flexibility index (Phi) is 3.88. The normalized spacial score (nSPS) is 12.5. The van der Waals surface area contributed by atoms with Gasteiger partial charge in [0, 0.05) is 10.6 Å². The Hall–Kier alpha value is -1.45. The molecule has 0 fully saturated rings. The zero-order valence-electron chi connectivity index (χ0n) is 10.5. The van der Waals surface area contributed by atoms with Crippen LogP contribution in [-0.4, -0.2) is 5.11 Å². The van der Waals surface area contributed by atoms with Crippen LogP contribution in [0, 0.1) is 25.5 Å². The van der Waals surface area contributed by atoms with Gasteiger partial charge in [-0.25, -0.2) is 8.78 Å². The minimum atomic E-state index is -1.08. The Morgan fingerprint density at radius 2 is 1.68 bits per heavy atom. The summed E-state index contributed by atoms with van der Waals surface area (Å²) >= 11 is 5.94. The van der Waals surface area contributed by atoms with Crippen LogP contribution in [0.4, 0.5) is 8.78 Å². The second-order valence-corrected chi connectivity index (χ2v) is 4.93. The molecule has 100 valence electrons. The number of aryl methyl sites for hydroxylation is 2. The van der Waals surface area contributed by atoms with Gasteiger partial charge >= 0.3 is 0 Å². The van der Waals surface area contributed by atoms with Crippen LogP contribution in [0.5, 0.6) is 0 Å². The minimum Gasteiger partial charge on any atom is -0.384 e. The molecule has 0 bridgehead atoms. The van der Waals surface area contributed by atoms with Crippen LogP contribution in [-0.2, 0) is 0 Å². The molecule has 1 unspecified atom stereocenters. The molecule has 1 nitrogen and oxygen atoms in total. The second-order valence-electron chi connectivity index (χ2n) is 4.53. The Balaban J connectivity index is 2.52. The van der Waals surface area contributed by atoms with Crippen molar-refractivity contribution in [1.29, 1.82) is 0 Å². The zero-order chi connectivity index (χ0) is 14.2. The monoisotopic (exact) mass is 282 g/mol. The molecule has 0 spiro atoms. The molecule has 19 heavy (non-hydrogen) atoms. The number of hydrogen-bond donors (Lipinski definition) is 1. The van der Waals surface area contributed by atoms with Crippen LogP contribution < -0.4 is 0 Å². The minimum absolute atomic E-state index is 0.124. The number of halogens is 3. The third-order valence-electron chi connectivity index (χ3n) is 3.11. The van der Waals surface area contributed by atoms with Crippen LogP contribution in [0.2, 0.25) is 5.02 Å². The highest BCUT2D eigenvalue weighted by Crippen LogP contribution is 2.32. The summed E-state index contributed by atoms with van der Waals surface area (Å²) in [5.74, 6) is -0.869. The first kappa shape index (κ1) is 14.0. The molecule has 0 saturated carbocycles. The van der Waals surface area contributed by atoms with Gasteiger partial charge in [-0.05, 0) is 54.8 Å². The van der Waals surface area contributed by atoms with Crippen molar-refractivity contribution in [3.63, 3.8) is 0 Å². The lowest BCUT2D eigenvalue weighted by atomic mass is 9.96. The number of aliphatic hydroxyl groups is 1. The van der Waals surface area contributed by atoms with Crippen molar-refractivity contribution in [3.8, 4) is 0 Å². The van der Waals surface area contributed by atoms with Crippen LogP contribution in [0.15, 0.2) is 30.3 Å². The van der Waals surface area contributed by atoms with Crippen molar-refractivity contribution < 1.29 is 13.9 Å². The van der Waals surface area contributed by atoms with E-state index >= 15 is 0 Å². The van der Waals surface area contributed by atoms with E-state index in [1.807, 2.05) is 0 Å². The predicted molar refractivity (Wildman–Crippen MR) is 71.3 cm³/mol. The molecule has 0 heterocycles. The number of hydrogen-bond acceptors (Lipinski definition) is 1. The van der Waals surface area contributed by atoms with E-state index in [9.17, 15) is 13.9 Å². The lowest BCUT2D eigenvalue weighted by Crippen LogP contribution is -2.04. The van der Waals surface area contributed by atoms with Crippen molar-refractivity contribution in [2.24, 2.45) is 0 Å². The van der Waals surface area contributed by atoms with Gasteiger partial charge < -0.3 is 5.11 Å². The summed E-state index contributed by atoms with van der Waals surface area (Å²) in [6.45, 7) is 3.35. The molecular formula is C15H13ClF2O. The summed E-state index contributed by atoms with van der Waals surface area (Å²) in [7, 11) is 0. The number of benzene rings is 2. The molecule has 2 rings (SSSR count). The fourth-order valence-corrected chi connectivity index (χ4v) is 2.22. The molecule has 0 aromatic heterocycles. The molecule has 0 amide bonds. The maximum absolute atomic E-state index is 13.3. The van der Waals surface area contributed by atoms with Gasteiger partial charge in [-0.15, -0.1) is 0 Å². The van der Waals surface area contributed by atoms with E-state index in [4.69, 9.17) is 11.6 Å². The van der Waals surface area contributed by atoms with Gasteiger partial charge in [-0.3, -0.25) is 0 Å². The highest BCUT2D eigenvalue weighted by molar-refractivity contribution is 6.31. The predicted octanol–water partition coefficient (Wildman–Crippen LogP) is 4.32. The zero-order valence-corrected chi connectivity index (χ0v) is 11.3. The summed E-state index contributed by atoms with van der Waals surface area (Å²) in [6.07, 6.45) is -1.08. The highest BCUT2D eigenvalue weighted by Gasteiger charge is 2.18. The average Bonchev–Trinajstić information content (AvgIpc) is 2.36. The lowest BCUT2D eigenvalue weighted by molar-refractivity contribution is 0.219. The molecule has 0 aliphatic heterocycles. The molecule has 1 atom stereocenters. The van der Waals surface area contributed by atoms with E-state index in [2.05, 4.69) is 0 Å². The van der Waals surface area contributed by atoms with E-state index in [0.717, 1.165) is 11.6 Å². The maximum Gasteiger partial charge on any atom is 0.127 e. The fraction of sp³-hybridized carbons (Fsp3) is 0.200. The van der Waals surface area contributed by atoms with Gasteiger partial charge in [0.1, 0.15) is 17.7 Å². The summed E-state index contributed by atoms with van der Waals surface area (Å²) in [5, 5.41) is 10.4. The molecule has 0 aliphatic rings. The van der Waals surface area contributed by atoms with E-state index < -0.39 is 17.7 Å². The Labute approximate surface area is 115 Å². The summed E-state index contributed by atoms with van der Waals surface area (Å²) < 4.78 is 26.6. The van der Waals surface area contributed by atoms with Crippen LogP contribution >= 0.6 is 11.6 Å². The molecular weight excluding hydrogens is 270 g/mol. The maximum atomic E-state index is 13.3. The molecule has 4 heteroatoms. The first-order valence-corrected chi connectivity index (χ1v) is 6.17. The smallest absolute Gasteiger partial charge is 0.127 e. The van der Waals surface area contributed by atoms with Crippen LogP contribution in [0.25, 0.3) is 0 Å². The van der Waals surface area contributed by atoms with E-state index in [0.29, 0.717) is 16.7 Å². The molecule has 0 saturated heterocycles. The van der Waals surface area contributed by atoms with E-state index in [1.165, 1.54) is 18.2 Å². The highest BCUT2D eigenvalue weighted by atomic mass is 35.5. The standard InChI is InChI=1S/C15H13ClF2O/c1-8-3-4-10(17)6-11(8)15(19)12-5-9(2)14(18)7-13(12)16/h3-7,15,19H,1-2H3. The van der Waals surface area contributed by atoms with Gasteiger partial charge in [0.15, 0.2) is 0 Å².